The summed E-state index contributed by atoms with van der Waals surface area (Å²) in [5, 5.41) is 4.76. The Morgan fingerprint density at radius 2 is 1.79 bits per heavy atom. The second-order valence-corrected chi connectivity index (χ2v) is 11.9. The second kappa shape index (κ2) is 7.71. The highest BCUT2D eigenvalue weighted by molar-refractivity contribution is 7.91. The molecule has 0 aliphatic carbocycles. The van der Waals surface area contributed by atoms with Crippen LogP contribution in [0.4, 0.5) is 0 Å². The van der Waals surface area contributed by atoms with Gasteiger partial charge < -0.3 is 0 Å². The summed E-state index contributed by atoms with van der Waals surface area (Å²) in [4.78, 5) is 4.69. The lowest BCUT2D eigenvalue weighted by atomic mass is 9.93. The molecule has 1 N–H and O–H groups in total. The minimum Gasteiger partial charge on any atom is -0.241 e. The maximum atomic E-state index is 12.9. The van der Waals surface area contributed by atoms with Crippen LogP contribution in [0.1, 0.15) is 56.1 Å². The van der Waals surface area contributed by atoms with Crippen molar-refractivity contribution in [1.82, 2.24) is 9.71 Å². The van der Waals surface area contributed by atoms with Gasteiger partial charge in [-0.1, -0.05) is 44.5 Å². The van der Waals surface area contributed by atoms with Crippen molar-refractivity contribution in [2.75, 3.05) is 0 Å². The van der Waals surface area contributed by atoms with Crippen LogP contribution in [0.25, 0.3) is 10.6 Å². The first-order valence-corrected chi connectivity index (χ1v) is 12.4. The highest BCUT2D eigenvalue weighted by Crippen LogP contribution is 2.34. The van der Waals surface area contributed by atoms with Gasteiger partial charge in [0.25, 0.3) is 10.0 Å². The van der Waals surface area contributed by atoms with E-state index in [0.717, 1.165) is 33.0 Å². The number of thiazole rings is 1. The molecule has 28 heavy (non-hydrogen) atoms. The highest BCUT2D eigenvalue weighted by atomic mass is 32.2. The standard InChI is InChI=1S/C21H26N2O2S3/c1-13-7-8-17(14(2)9-13)15(3)23-28(24,25)19-10-16(11-26-19)20-22-18(12-27-20)21(4,5)6/h7-12,15,23H,1-6H3/t15-/m1/s1. The molecule has 1 aromatic carbocycles. The smallest absolute Gasteiger partial charge is 0.241 e. The van der Waals surface area contributed by atoms with Gasteiger partial charge in [-0.25, -0.2) is 18.1 Å². The number of nitrogens with zero attached hydrogens (tertiary/aromatic N) is 1. The third-order valence-electron chi connectivity index (χ3n) is 4.58. The molecule has 2 heterocycles. The number of sulfonamides is 1. The maximum absolute atomic E-state index is 12.9. The van der Waals surface area contributed by atoms with E-state index in [0.29, 0.717) is 4.21 Å². The number of hydrogen-bond donors (Lipinski definition) is 1. The lowest BCUT2D eigenvalue weighted by Gasteiger charge is -2.16. The largest absolute Gasteiger partial charge is 0.250 e. The Morgan fingerprint density at radius 3 is 2.39 bits per heavy atom. The van der Waals surface area contributed by atoms with Crippen LogP contribution in [0.5, 0.6) is 0 Å². The first-order valence-electron chi connectivity index (χ1n) is 9.12. The minimum absolute atomic E-state index is 0.0252. The molecule has 0 saturated heterocycles. The van der Waals surface area contributed by atoms with Crippen LogP contribution >= 0.6 is 22.7 Å². The molecular formula is C21H26N2O2S3. The molecule has 7 heteroatoms. The summed E-state index contributed by atoms with van der Waals surface area (Å²) in [6.07, 6.45) is 0. The fourth-order valence-electron chi connectivity index (χ4n) is 2.99. The summed E-state index contributed by atoms with van der Waals surface area (Å²) in [6.45, 7) is 12.3. The van der Waals surface area contributed by atoms with Crippen molar-refractivity contribution < 1.29 is 8.42 Å². The fourth-order valence-corrected chi connectivity index (χ4v) is 6.50. The Labute approximate surface area is 175 Å². The number of rotatable bonds is 5. The van der Waals surface area contributed by atoms with Crippen molar-refractivity contribution in [2.24, 2.45) is 0 Å². The molecule has 0 saturated carbocycles. The Bertz CT molecular complexity index is 1090. The van der Waals surface area contributed by atoms with Crippen molar-refractivity contribution in [3.63, 3.8) is 0 Å². The quantitative estimate of drug-likeness (QED) is 0.550. The van der Waals surface area contributed by atoms with E-state index >= 15 is 0 Å². The van der Waals surface area contributed by atoms with Crippen LogP contribution in [0.3, 0.4) is 0 Å². The first-order chi connectivity index (χ1) is 13.0. The molecule has 150 valence electrons. The van der Waals surface area contributed by atoms with Crippen LogP contribution < -0.4 is 4.72 Å². The third-order valence-corrected chi connectivity index (χ3v) is 8.46. The molecule has 3 aromatic rings. The van der Waals surface area contributed by atoms with E-state index in [9.17, 15) is 8.42 Å². The predicted octanol–water partition coefficient (Wildman–Crippen LogP) is 5.83. The molecule has 0 bridgehead atoms. The maximum Gasteiger partial charge on any atom is 0.250 e. The number of thiophene rings is 1. The Kier molecular flexibility index (Phi) is 5.83. The van der Waals surface area contributed by atoms with Gasteiger partial charge in [0.15, 0.2) is 0 Å². The van der Waals surface area contributed by atoms with E-state index < -0.39 is 10.0 Å². The van der Waals surface area contributed by atoms with Crippen LogP contribution in [0, 0.1) is 13.8 Å². The van der Waals surface area contributed by atoms with Gasteiger partial charge in [-0.15, -0.1) is 22.7 Å². The van der Waals surface area contributed by atoms with Gasteiger partial charge in [0.05, 0.1) is 5.69 Å². The van der Waals surface area contributed by atoms with E-state index in [-0.39, 0.29) is 11.5 Å². The molecule has 0 fully saturated rings. The van der Waals surface area contributed by atoms with Crippen LogP contribution in [0.15, 0.2) is 39.2 Å². The molecule has 0 aliphatic rings. The van der Waals surface area contributed by atoms with Gasteiger partial charge >= 0.3 is 0 Å². The van der Waals surface area contributed by atoms with Gasteiger partial charge in [0.1, 0.15) is 9.22 Å². The van der Waals surface area contributed by atoms with E-state index in [1.807, 2.05) is 43.7 Å². The second-order valence-electron chi connectivity index (χ2n) is 8.15. The molecule has 2 aromatic heterocycles. The van der Waals surface area contributed by atoms with E-state index in [2.05, 4.69) is 36.5 Å². The summed E-state index contributed by atoms with van der Waals surface area (Å²) in [5.41, 5.74) is 5.08. The molecule has 0 unspecified atom stereocenters. The average Bonchev–Trinajstić information content (AvgIpc) is 3.23. The highest BCUT2D eigenvalue weighted by Gasteiger charge is 2.23. The molecule has 3 rings (SSSR count). The zero-order chi connectivity index (χ0) is 20.7. The van der Waals surface area contributed by atoms with Crippen molar-refractivity contribution in [1.29, 1.82) is 0 Å². The summed E-state index contributed by atoms with van der Waals surface area (Å²) < 4.78 is 28.9. The zero-order valence-corrected chi connectivity index (χ0v) is 19.5. The van der Waals surface area contributed by atoms with Crippen molar-refractivity contribution in [2.45, 2.75) is 57.2 Å². The van der Waals surface area contributed by atoms with Gasteiger partial charge in [-0.3, -0.25) is 0 Å². The summed E-state index contributed by atoms with van der Waals surface area (Å²) >= 11 is 2.78. The summed E-state index contributed by atoms with van der Waals surface area (Å²) in [6, 6.07) is 7.47. The number of aromatic nitrogens is 1. The molecule has 0 amide bonds. The van der Waals surface area contributed by atoms with E-state index in [4.69, 9.17) is 0 Å². The van der Waals surface area contributed by atoms with Gasteiger partial charge in [0.2, 0.25) is 0 Å². The lowest BCUT2D eigenvalue weighted by Crippen LogP contribution is -2.26. The Morgan fingerprint density at radius 1 is 1.07 bits per heavy atom. The topological polar surface area (TPSA) is 59.1 Å². The Balaban J connectivity index is 1.82. The fraction of sp³-hybridized carbons (Fsp3) is 0.381. The van der Waals surface area contributed by atoms with Gasteiger partial charge in [-0.2, -0.15) is 0 Å². The normalized spacial score (nSPS) is 13.6. The van der Waals surface area contributed by atoms with Gasteiger partial charge in [0, 0.05) is 27.8 Å². The number of aryl methyl sites for hydroxylation is 2. The average molecular weight is 435 g/mol. The molecule has 0 radical (unpaired) electrons. The van der Waals surface area contributed by atoms with Crippen molar-refractivity contribution in [3.8, 4) is 10.6 Å². The molecule has 0 spiro atoms. The van der Waals surface area contributed by atoms with E-state index in [1.165, 1.54) is 11.3 Å². The predicted molar refractivity (Wildman–Crippen MR) is 119 cm³/mol. The molecule has 4 nitrogen and oxygen atoms in total. The zero-order valence-electron chi connectivity index (χ0n) is 17.0. The number of nitrogens with one attached hydrogen (secondary N) is 1. The Hall–Kier alpha value is -1.54. The number of benzene rings is 1. The summed E-state index contributed by atoms with van der Waals surface area (Å²) in [5.74, 6) is 0. The molecule has 1 atom stereocenters. The first kappa shape index (κ1) is 21.2. The van der Waals surface area contributed by atoms with Crippen molar-refractivity contribution in [3.05, 3.63) is 57.4 Å². The molecular weight excluding hydrogens is 408 g/mol. The number of hydrogen-bond acceptors (Lipinski definition) is 5. The van der Waals surface area contributed by atoms with Gasteiger partial charge in [-0.05, 0) is 38.0 Å². The SMILES string of the molecule is Cc1ccc([C@@H](C)NS(=O)(=O)c2cc(-c3nc(C(C)(C)C)cs3)cs2)c(C)c1. The van der Waals surface area contributed by atoms with Crippen LogP contribution in [-0.2, 0) is 15.4 Å². The monoisotopic (exact) mass is 434 g/mol. The van der Waals surface area contributed by atoms with Crippen molar-refractivity contribution >= 4 is 32.7 Å². The lowest BCUT2D eigenvalue weighted by molar-refractivity contribution is 0.568. The van der Waals surface area contributed by atoms with Crippen LogP contribution in [0.2, 0.25) is 0 Å². The third kappa shape index (κ3) is 4.54. The minimum atomic E-state index is -3.60. The van der Waals surface area contributed by atoms with E-state index in [1.54, 1.807) is 17.4 Å². The van der Waals surface area contributed by atoms with Crippen LogP contribution in [-0.4, -0.2) is 13.4 Å². The molecule has 0 aliphatic heterocycles. The summed E-state index contributed by atoms with van der Waals surface area (Å²) in [7, 11) is -3.60.